The van der Waals surface area contributed by atoms with Crippen LogP contribution in [0.5, 0.6) is 0 Å². The summed E-state index contributed by atoms with van der Waals surface area (Å²) in [5.41, 5.74) is 1.53. The fourth-order valence-electron chi connectivity index (χ4n) is 3.67. The molecule has 0 fully saturated rings. The molecular weight excluding hydrogens is 378 g/mol. The lowest BCUT2D eigenvalue weighted by atomic mass is 10.1. The number of nitrogens with zero attached hydrogens (tertiary/aromatic N) is 3. The molecule has 1 aliphatic rings. The van der Waals surface area contributed by atoms with E-state index in [2.05, 4.69) is 0 Å². The van der Waals surface area contributed by atoms with Gasteiger partial charge in [-0.1, -0.05) is 32.0 Å². The minimum atomic E-state index is -3.71. The third-order valence-electron chi connectivity index (χ3n) is 5.08. The van der Waals surface area contributed by atoms with Gasteiger partial charge in [-0.15, -0.1) is 0 Å². The standard InChI is InChI=1S/C20H25N3O4S/c1-4-22(5-2)28(26,27)17-10-11-19(24)21(13-17)14-20(25)23-15(3)12-16-8-6-7-9-18(16)23/h6-11,13,15H,4-5,12,14H2,1-3H3. The molecule has 1 amide bonds. The maximum Gasteiger partial charge on any atom is 0.251 e. The van der Waals surface area contributed by atoms with Gasteiger partial charge in [0.2, 0.25) is 15.9 Å². The van der Waals surface area contributed by atoms with Crippen molar-refractivity contribution in [2.75, 3.05) is 18.0 Å². The number of sulfonamides is 1. The van der Waals surface area contributed by atoms with E-state index in [1.807, 2.05) is 31.2 Å². The number of rotatable bonds is 6. The molecule has 2 aromatic rings. The van der Waals surface area contributed by atoms with Crippen LogP contribution in [-0.2, 0) is 27.8 Å². The molecule has 1 aliphatic heterocycles. The summed E-state index contributed by atoms with van der Waals surface area (Å²) >= 11 is 0. The number of carbonyl (C=O) groups excluding carboxylic acids is 1. The van der Waals surface area contributed by atoms with Crippen molar-refractivity contribution in [1.82, 2.24) is 8.87 Å². The van der Waals surface area contributed by atoms with E-state index in [1.54, 1.807) is 18.7 Å². The number of aromatic nitrogens is 1. The van der Waals surface area contributed by atoms with Crippen LogP contribution >= 0.6 is 0 Å². The summed E-state index contributed by atoms with van der Waals surface area (Å²) < 4.78 is 28.0. The summed E-state index contributed by atoms with van der Waals surface area (Å²) in [5, 5.41) is 0. The van der Waals surface area contributed by atoms with E-state index < -0.39 is 15.6 Å². The Hall–Kier alpha value is -2.45. The monoisotopic (exact) mass is 403 g/mol. The van der Waals surface area contributed by atoms with Gasteiger partial charge in [0.25, 0.3) is 5.56 Å². The van der Waals surface area contributed by atoms with Crippen LogP contribution in [0.1, 0.15) is 26.3 Å². The third-order valence-corrected chi connectivity index (χ3v) is 7.11. The maximum atomic E-state index is 13.0. The van der Waals surface area contributed by atoms with E-state index in [0.717, 1.165) is 17.7 Å². The average Bonchev–Trinajstić information content (AvgIpc) is 2.99. The highest BCUT2D eigenvalue weighted by atomic mass is 32.2. The minimum absolute atomic E-state index is 0.0109. The zero-order chi connectivity index (χ0) is 20.5. The summed E-state index contributed by atoms with van der Waals surface area (Å²) in [5.74, 6) is -0.239. The normalized spacial score (nSPS) is 16.4. The molecule has 2 heterocycles. The van der Waals surface area contributed by atoms with Gasteiger partial charge in [-0.25, -0.2) is 8.42 Å². The lowest BCUT2D eigenvalue weighted by molar-refractivity contribution is -0.119. The van der Waals surface area contributed by atoms with E-state index in [0.29, 0.717) is 13.1 Å². The number of para-hydroxylation sites is 1. The third kappa shape index (κ3) is 3.62. The highest BCUT2D eigenvalue weighted by Gasteiger charge is 2.31. The highest BCUT2D eigenvalue weighted by molar-refractivity contribution is 7.89. The van der Waals surface area contributed by atoms with E-state index in [4.69, 9.17) is 0 Å². The first kappa shape index (κ1) is 20.3. The lowest BCUT2D eigenvalue weighted by Crippen LogP contribution is -2.40. The van der Waals surface area contributed by atoms with Gasteiger partial charge < -0.3 is 9.47 Å². The van der Waals surface area contributed by atoms with Crippen LogP contribution < -0.4 is 10.5 Å². The largest absolute Gasteiger partial charge is 0.307 e. The van der Waals surface area contributed by atoms with Gasteiger partial charge in [-0.2, -0.15) is 4.31 Å². The second-order valence-electron chi connectivity index (χ2n) is 6.87. The van der Waals surface area contributed by atoms with E-state index in [9.17, 15) is 18.0 Å². The summed E-state index contributed by atoms with van der Waals surface area (Å²) in [6.45, 7) is 5.93. The number of hydrogen-bond acceptors (Lipinski definition) is 4. The SMILES string of the molecule is CCN(CC)S(=O)(=O)c1ccc(=O)n(CC(=O)N2c3ccccc3CC2C)c1. The molecule has 3 rings (SSSR count). The number of fused-ring (bicyclic) bond motifs is 1. The van der Waals surface area contributed by atoms with Crippen molar-refractivity contribution in [3.63, 3.8) is 0 Å². The van der Waals surface area contributed by atoms with Crippen molar-refractivity contribution in [2.24, 2.45) is 0 Å². The molecule has 0 bridgehead atoms. The number of hydrogen-bond donors (Lipinski definition) is 0. The smallest absolute Gasteiger partial charge is 0.251 e. The van der Waals surface area contributed by atoms with Crippen LogP contribution in [-0.4, -0.2) is 42.3 Å². The Morgan fingerprint density at radius 3 is 2.50 bits per heavy atom. The molecule has 0 saturated carbocycles. The molecule has 1 atom stereocenters. The molecule has 1 unspecified atom stereocenters. The average molecular weight is 404 g/mol. The predicted molar refractivity (Wildman–Crippen MR) is 108 cm³/mol. The number of amides is 1. The Morgan fingerprint density at radius 1 is 1.14 bits per heavy atom. The van der Waals surface area contributed by atoms with E-state index in [1.165, 1.54) is 27.2 Å². The van der Waals surface area contributed by atoms with Gasteiger partial charge >= 0.3 is 0 Å². The number of carbonyl (C=O) groups is 1. The molecule has 0 N–H and O–H groups in total. The molecule has 0 saturated heterocycles. The topological polar surface area (TPSA) is 79.7 Å². The van der Waals surface area contributed by atoms with Gasteiger partial charge in [-0.05, 0) is 31.0 Å². The van der Waals surface area contributed by atoms with Crippen LogP contribution in [0.4, 0.5) is 5.69 Å². The zero-order valence-electron chi connectivity index (χ0n) is 16.3. The number of pyridine rings is 1. The van der Waals surface area contributed by atoms with Gasteiger partial charge in [-0.3, -0.25) is 9.59 Å². The second-order valence-corrected chi connectivity index (χ2v) is 8.80. The van der Waals surface area contributed by atoms with Crippen molar-refractivity contribution in [3.05, 3.63) is 58.5 Å². The highest BCUT2D eigenvalue weighted by Crippen LogP contribution is 2.31. The van der Waals surface area contributed by atoms with E-state index >= 15 is 0 Å². The summed E-state index contributed by atoms with van der Waals surface area (Å²) in [6.07, 6.45) is 2.02. The summed E-state index contributed by atoms with van der Waals surface area (Å²) in [7, 11) is -3.71. The molecule has 0 radical (unpaired) electrons. The Labute approximate surface area is 165 Å². The summed E-state index contributed by atoms with van der Waals surface area (Å²) in [4.78, 5) is 26.9. The first-order valence-electron chi connectivity index (χ1n) is 9.40. The maximum absolute atomic E-state index is 13.0. The Kier molecular flexibility index (Phi) is 5.71. The van der Waals surface area contributed by atoms with Crippen molar-refractivity contribution in [3.8, 4) is 0 Å². The Bertz CT molecular complexity index is 1040. The zero-order valence-corrected chi connectivity index (χ0v) is 17.1. The fraction of sp³-hybridized carbons (Fsp3) is 0.400. The van der Waals surface area contributed by atoms with Crippen LogP contribution in [0.15, 0.2) is 52.3 Å². The van der Waals surface area contributed by atoms with Crippen LogP contribution in [0.25, 0.3) is 0 Å². The number of anilines is 1. The number of benzene rings is 1. The van der Waals surface area contributed by atoms with E-state index in [-0.39, 0.29) is 23.4 Å². The van der Waals surface area contributed by atoms with Crippen LogP contribution in [0.3, 0.4) is 0 Å². The molecule has 0 aliphatic carbocycles. The first-order chi connectivity index (χ1) is 13.3. The fourth-order valence-corrected chi connectivity index (χ4v) is 5.14. The molecule has 1 aromatic heterocycles. The van der Waals surface area contributed by atoms with Crippen LogP contribution in [0, 0.1) is 0 Å². The minimum Gasteiger partial charge on any atom is -0.307 e. The summed E-state index contributed by atoms with van der Waals surface area (Å²) in [6, 6.07) is 10.2. The van der Waals surface area contributed by atoms with Crippen molar-refractivity contribution < 1.29 is 13.2 Å². The molecule has 28 heavy (non-hydrogen) atoms. The molecule has 1 aromatic carbocycles. The second kappa shape index (κ2) is 7.89. The van der Waals surface area contributed by atoms with Gasteiger partial charge in [0.05, 0.1) is 4.90 Å². The van der Waals surface area contributed by atoms with Gasteiger partial charge in [0.1, 0.15) is 6.54 Å². The molecule has 8 heteroatoms. The van der Waals surface area contributed by atoms with Crippen molar-refractivity contribution in [1.29, 1.82) is 0 Å². The lowest BCUT2D eigenvalue weighted by Gasteiger charge is -2.23. The van der Waals surface area contributed by atoms with Gasteiger partial charge in [0, 0.05) is 37.1 Å². The first-order valence-corrected chi connectivity index (χ1v) is 10.8. The van der Waals surface area contributed by atoms with Crippen LogP contribution in [0.2, 0.25) is 0 Å². The molecule has 0 spiro atoms. The molecular formula is C20H25N3O4S. The quantitative estimate of drug-likeness (QED) is 0.737. The van der Waals surface area contributed by atoms with Crippen molar-refractivity contribution in [2.45, 2.75) is 44.7 Å². The predicted octanol–water partition coefficient (Wildman–Crippen LogP) is 1.86. The Balaban J connectivity index is 1.91. The van der Waals surface area contributed by atoms with Gasteiger partial charge in [0.15, 0.2) is 0 Å². The van der Waals surface area contributed by atoms with Crippen molar-refractivity contribution >= 4 is 21.6 Å². The Morgan fingerprint density at radius 2 is 1.82 bits per heavy atom. The molecule has 150 valence electrons. The molecule has 7 nitrogen and oxygen atoms in total.